The minimum atomic E-state index is 0. The van der Waals surface area contributed by atoms with Crippen LogP contribution in [0, 0.1) is 17.8 Å². The molecule has 3 fully saturated rings. The maximum Gasteiger partial charge on any atom is 0.0575 e. The molecule has 1 saturated heterocycles. The number of hydrogen-bond acceptors (Lipinski definition) is 3. The summed E-state index contributed by atoms with van der Waals surface area (Å²) < 4.78 is 5.59. The summed E-state index contributed by atoms with van der Waals surface area (Å²) in [6.45, 7) is 20.0. The van der Waals surface area contributed by atoms with Gasteiger partial charge in [-0.1, -0.05) is 61.8 Å². The molecule has 206 valence electrons. The van der Waals surface area contributed by atoms with Crippen molar-refractivity contribution in [3.8, 4) is 0 Å². The van der Waals surface area contributed by atoms with Crippen LogP contribution in [0.1, 0.15) is 132 Å². The van der Waals surface area contributed by atoms with Crippen LogP contribution >= 0.6 is 0 Å². The lowest BCUT2D eigenvalue weighted by Crippen LogP contribution is -2.37. The average molecular weight is 483 g/mol. The first kappa shape index (κ1) is 33.9. The largest absolute Gasteiger partial charge is 0.378 e. The number of likely N-dealkylation sites (tertiary alicyclic amines) is 1. The summed E-state index contributed by atoms with van der Waals surface area (Å²) >= 11 is 0. The fourth-order valence-electron chi connectivity index (χ4n) is 4.39. The van der Waals surface area contributed by atoms with Crippen molar-refractivity contribution in [3.05, 3.63) is 0 Å². The van der Waals surface area contributed by atoms with Crippen LogP contribution < -0.4 is 0 Å². The van der Waals surface area contributed by atoms with E-state index in [9.17, 15) is 0 Å². The molecule has 1 heterocycles. The average Bonchev–Trinajstić information content (AvgIpc) is 2.68. The van der Waals surface area contributed by atoms with Crippen molar-refractivity contribution in [1.82, 2.24) is 9.80 Å². The Kier molecular flexibility index (Phi) is 20.9. The summed E-state index contributed by atoms with van der Waals surface area (Å²) in [5.41, 5.74) is 0. The molecule has 0 aromatic rings. The zero-order chi connectivity index (χ0) is 24.5. The number of piperidine rings is 1. The van der Waals surface area contributed by atoms with Gasteiger partial charge in [-0.2, -0.15) is 0 Å². The van der Waals surface area contributed by atoms with E-state index in [2.05, 4.69) is 58.4 Å². The zero-order valence-corrected chi connectivity index (χ0v) is 23.9. The molecule has 1 aliphatic heterocycles. The Morgan fingerprint density at radius 1 is 0.735 bits per heavy atom. The molecule has 0 bridgehead atoms. The number of nitrogens with zero attached hydrogens (tertiary/aromatic N) is 2. The van der Waals surface area contributed by atoms with E-state index in [4.69, 9.17) is 4.74 Å². The van der Waals surface area contributed by atoms with E-state index in [1.165, 1.54) is 110 Å². The monoisotopic (exact) mass is 483 g/mol. The third-order valence-corrected chi connectivity index (χ3v) is 7.56. The second kappa shape index (κ2) is 21.0. The molecule has 34 heavy (non-hydrogen) atoms. The lowest BCUT2D eigenvalue weighted by atomic mass is 9.91. The third-order valence-electron chi connectivity index (χ3n) is 7.56. The van der Waals surface area contributed by atoms with Crippen LogP contribution in [-0.2, 0) is 4.74 Å². The van der Waals surface area contributed by atoms with Crippen LogP contribution in [0.3, 0.4) is 0 Å². The maximum atomic E-state index is 5.59. The molecule has 3 aliphatic rings. The molecule has 0 atom stereocenters. The molecule has 2 saturated carbocycles. The van der Waals surface area contributed by atoms with Gasteiger partial charge in [0.1, 0.15) is 0 Å². The Morgan fingerprint density at radius 2 is 1.29 bits per heavy atom. The van der Waals surface area contributed by atoms with Gasteiger partial charge < -0.3 is 14.5 Å². The van der Waals surface area contributed by atoms with Crippen molar-refractivity contribution in [2.24, 2.45) is 17.8 Å². The van der Waals surface area contributed by atoms with Gasteiger partial charge in [-0.3, -0.25) is 0 Å². The summed E-state index contributed by atoms with van der Waals surface area (Å²) in [6.07, 6.45) is 18.6. The van der Waals surface area contributed by atoms with E-state index in [1.54, 1.807) is 0 Å². The molecule has 0 unspecified atom stereocenters. The molecule has 0 N–H and O–H groups in total. The van der Waals surface area contributed by atoms with Gasteiger partial charge in [0.2, 0.25) is 0 Å². The highest BCUT2D eigenvalue weighted by Crippen LogP contribution is 2.24. The van der Waals surface area contributed by atoms with Gasteiger partial charge in [-0.25, -0.2) is 0 Å². The van der Waals surface area contributed by atoms with Crippen LogP contribution in [0.25, 0.3) is 0 Å². The summed E-state index contributed by atoms with van der Waals surface area (Å²) in [5.74, 6) is 2.53. The van der Waals surface area contributed by atoms with Gasteiger partial charge in [0.25, 0.3) is 0 Å². The molecule has 0 aromatic carbocycles. The van der Waals surface area contributed by atoms with Crippen LogP contribution in [0.5, 0.6) is 0 Å². The van der Waals surface area contributed by atoms with Gasteiger partial charge in [0.05, 0.1) is 6.10 Å². The standard InChI is InChI=1S/C11H23N.C10H21N.C9H18O.CH4/c1-11(2)7-6-10-12-8-4-3-5-9-12;1-9(2)7-8-11(3)10-5-4-6-10;1-8(2)6-7-10-9-4-3-5-9;/h11H,3-10H2,1-2H3;9-10H,4-8H2,1-3H3;8-9H,3-7H2,1-2H3;1H4. The van der Waals surface area contributed by atoms with E-state index in [0.29, 0.717) is 6.10 Å². The lowest BCUT2D eigenvalue weighted by Gasteiger charge is -2.35. The Morgan fingerprint density at radius 3 is 1.74 bits per heavy atom. The molecule has 0 radical (unpaired) electrons. The predicted molar refractivity (Wildman–Crippen MR) is 154 cm³/mol. The second-order valence-electron chi connectivity index (χ2n) is 12.3. The van der Waals surface area contributed by atoms with Crippen molar-refractivity contribution in [3.63, 3.8) is 0 Å². The SMILES string of the molecule is C.CC(C)CCCN1CCCCC1.CC(C)CCN(C)C1CCC1.CC(C)CCOC1CCC1. The Balaban J connectivity index is 0.000000475. The number of rotatable bonds is 12. The van der Waals surface area contributed by atoms with Gasteiger partial charge >= 0.3 is 0 Å². The highest BCUT2D eigenvalue weighted by Gasteiger charge is 2.21. The van der Waals surface area contributed by atoms with Gasteiger partial charge in [0, 0.05) is 12.6 Å². The van der Waals surface area contributed by atoms with E-state index in [0.717, 1.165) is 30.4 Å². The minimum absolute atomic E-state index is 0. The predicted octanol–water partition coefficient (Wildman–Crippen LogP) is 8.66. The Labute approximate surface area is 216 Å². The lowest BCUT2D eigenvalue weighted by molar-refractivity contribution is -0.00222. The van der Waals surface area contributed by atoms with Crippen molar-refractivity contribution in [2.75, 3.05) is 39.8 Å². The molecule has 0 spiro atoms. The van der Waals surface area contributed by atoms with Crippen molar-refractivity contribution in [1.29, 1.82) is 0 Å². The van der Waals surface area contributed by atoms with Crippen LogP contribution in [-0.4, -0.2) is 61.8 Å². The van der Waals surface area contributed by atoms with Crippen LogP contribution in [0.4, 0.5) is 0 Å². The third kappa shape index (κ3) is 18.2. The molecule has 3 nitrogen and oxygen atoms in total. The van der Waals surface area contributed by atoms with Gasteiger partial charge in [-0.05, 0) is 122 Å². The van der Waals surface area contributed by atoms with Gasteiger partial charge in [-0.15, -0.1) is 0 Å². The highest BCUT2D eigenvalue weighted by molar-refractivity contribution is 4.77. The van der Waals surface area contributed by atoms with E-state index in [-0.39, 0.29) is 7.43 Å². The molecular formula is C31H66N2O. The first-order valence-corrected chi connectivity index (χ1v) is 14.8. The molecule has 0 aromatic heterocycles. The molecule has 3 heteroatoms. The van der Waals surface area contributed by atoms with Crippen LogP contribution in [0.15, 0.2) is 0 Å². The molecule has 0 amide bonds. The maximum absolute atomic E-state index is 5.59. The fraction of sp³-hybridized carbons (Fsp3) is 1.00. The fourth-order valence-corrected chi connectivity index (χ4v) is 4.39. The summed E-state index contributed by atoms with van der Waals surface area (Å²) in [4.78, 5) is 5.16. The smallest absolute Gasteiger partial charge is 0.0575 e. The van der Waals surface area contributed by atoms with E-state index < -0.39 is 0 Å². The van der Waals surface area contributed by atoms with Crippen molar-refractivity contribution >= 4 is 0 Å². The molecule has 2 aliphatic carbocycles. The topological polar surface area (TPSA) is 15.7 Å². The second-order valence-corrected chi connectivity index (χ2v) is 12.3. The normalized spacial score (nSPS) is 19.1. The number of ether oxygens (including phenoxy) is 1. The Bertz CT molecular complexity index is 423. The van der Waals surface area contributed by atoms with E-state index >= 15 is 0 Å². The minimum Gasteiger partial charge on any atom is -0.378 e. The first-order chi connectivity index (χ1) is 15.8. The summed E-state index contributed by atoms with van der Waals surface area (Å²) in [7, 11) is 2.27. The quantitative estimate of drug-likeness (QED) is 0.277. The van der Waals surface area contributed by atoms with E-state index in [1.807, 2.05) is 0 Å². The zero-order valence-electron chi connectivity index (χ0n) is 23.9. The number of hydrogen-bond donors (Lipinski definition) is 0. The van der Waals surface area contributed by atoms with Gasteiger partial charge in [0.15, 0.2) is 0 Å². The first-order valence-electron chi connectivity index (χ1n) is 14.8. The molecular weight excluding hydrogens is 416 g/mol. The summed E-state index contributed by atoms with van der Waals surface area (Å²) in [6, 6.07) is 0.925. The Hall–Kier alpha value is -0.120. The molecule has 3 rings (SSSR count). The van der Waals surface area contributed by atoms with Crippen molar-refractivity contribution in [2.45, 2.75) is 145 Å². The van der Waals surface area contributed by atoms with Crippen molar-refractivity contribution < 1.29 is 4.74 Å². The highest BCUT2D eigenvalue weighted by atomic mass is 16.5. The summed E-state index contributed by atoms with van der Waals surface area (Å²) in [5, 5.41) is 0. The van der Waals surface area contributed by atoms with Crippen LogP contribution in [0.2, 0.25) is 0 Å².